The Morgan fingerprint density at radius 2 is 0.979 bits per heavy atom. The Labute approximate surface area is 275 Å². The molecule has 0 radical (unpaired) electrons. The van der Waals surface area contributed by atoms with Crippen LogP contribution in [-0.4, -0.2) is 19.1 Å². The number of para-hydroxylation sites is 6. The van der Waals surface area contributed by atoms with Crippen molar-refractivity contribution in [1.82, 2.24) is 19.1 Å². The van der Waals surface area contributed by atoms with Crippen molar-refractivity contribution in [1.29, 1.82) is 0 Å². The lowest BCUT2D eigenvalue weighted by Crippen LogP contribution is -2.02. The second-order valence-corrected chi connectivity index (χ2v) is 12.6. The van der Waals surface area contributed by atoms with E-state index in [9.17, 15) is 0 Å². The number of hydrogen-bond donors (Lipinski definition) is 0. The zero-order chi connectivity index (χ0) is 31.3. The quantitative estimate of drug-likeness (QED) is 0.195. The van der Waals surface area contributed by atoms with Gasteiger partial charge in [-0.05, 0) is 53.6 Å². The third-order valence-electron chi connectivity index (χ3n) is 10.0. The number of aromatic nitrogens is 4. The average Bonchev–Trinajstić information content (AvgIpc) is 3.63. The molecular weight excluding hydrogens is 585 g/mol. The molecule has 11 rings (SSSR count). The fourth-order valence-corrected chi connectivity index (χ4v) is 8.02. The molecule has 4 heteroatoms. The summed E-state index contributed by atoms with van der Waals surface area (Å²) in [4.78, 5) is 10.6. The molecule has 0 saturated carbocycles. The molecule has 48 heavy (non-hydrogen) atoms. The highest BCUT2D eigenvalue weighted by Crippen LogP contribution is 2.47. The van der Waals surface area contributed by atoms with Crippen molar-refractivity contribution in [2.45, 2.75) is 0 Å². The normalized spacial score (nSPS) is 12.2. The monoisotopic (exact) mass is 610 g/mol. The van der Waals surface area contributed by atoms with Gasteiger partial charge in [0.15, 0.2) is 5.82 Å². The Morgan fingerprint density at radius 1 is 0.375 bits per heavy atom. The lowest BCUT2D eigenvalue weighted by Gasteiger charge is -2.13. The number of fused-ring (bicyclic) bond motifs is 12. The minimum Gasteiger partial charge on any atom is -0.309 e. The maximum absolute atomic E-state index is 5.31. The van der Waals surface area contributed by atoms with Crippen LogP contribution in [0.2, 0.25) is 0 Å². The van der Waals surface area contributed by atoms with Gasteiger partial charge in [-0.25, -0.2) is 9.97 Å². The van der Waals surface area contributed by atoms with E-state index in [1.54, 1.807) is 0 Å². The van der Waals surface area contributed by atoms with Crippen molar-refractivity contribution < 1.29 is 0 Å². The SMILES string of the molecule is c1ccc(-n2c3ccccc3c3cccc(-c4ccc5c(c4)c4cccc6c4n5-c4nc5ccccc5nc4-c4ccccc4-6)c32)cc1. The van der Waals surface area contributed by atoms with Gasteiger partial charge in [-0.3, -0.25) is 4.57 Å². The topological polar surface area (TPSA) is 35.6 Å². The molecule has 1 aliphatic heterocycles. The Hall–Kier alpha value is -6.52. The largest absolute Gasteiger partial charge is 0.309 e. The molecule has 0 unspecified atom stereocenters. The van der Waals surface area contributed by atoms with E-state index in [0.29, 0.717) is 0 Å². The fourth-order valence-electron chi connectivity index (χ4n) is 8.02. The van der Waals surface area contributed by atoms with E-state index in [0.717, 1.165) is 44.8 Å². The third-order valence-corrected chi connectivity index (χ3v) is 10.0. The predicted octanol–water partition coefficient (Wildman–Crippen LogP) is 11.1. The zero-order valence-electron chi connectivity index (χ0n) is 25.8. The van der Waals surface area contributed by atoms with Crippen LogP contribution >= 0.6 is 0 Å². The van der Waals surface area contributed by atoms with Crippen LogP contribution in [0.3, 0.4) is 0 Å². The van der Waals surface area contributed by atoms with Crippen LogP contribution in [-0.2, 0) is 0 Å². The van der Waals surface area contributed by atoms with Gasteiger partial charge in [0.25, 0.3) is 0 Å². The second-order valence-electron chi connectivity index (χ2n) is 12.6. The van der Waals surface area contributed by atoms with Crippen LogP contribution in [0.1, 0.15) is 0 Å². The molecule has 0 fully saturated rings. The van der Waals surface area contributed by atoms with Crippen molar-refractivity contribution >= 4 is 54.6 Å². The number of rotatable bonds is 2. The molecule has 4 nitrogen and oxygen atoms in total. The van der Waals surface area contributed by atoms with Crippen LogP contribution < -0.4 is 0 Å². The van der Waals surface area contributed by atoms with Crippen molar-refractivity contribution in [3.05, 3.63) is 158 Å². The van der Waals surface area contributed by atoms with Gasteiger partial charge >= 0.3 is 0 Å². The van der Waals surface area contributed by atoms with Crippen molar-refractivity contribution in [2.75, 3.05) is 0 Å². The van der Waals surface area contributed by atoms with Crippen LogP contribution in [0, 0.1) is 0 Å². The summed E-state index contributed by atoms with van der Waals surface area (Å²) in [6.07, 6.45) is 0. The highest BCUT2D eigenvalue weighted by Gasteiger charge is 2.27. The first-order valence-electron chi connectivity index (χ1n) is 16.4. The Balaban J connectivity index is 1.25. The summed E-state index contributed by atoms with van der Waals surface area (Å²) in [7, 11) is 0. The highest BCUT2D eigenvalue weighted by molar-refractivity contribution is 6.18. The van der Waals surface area contributed by atoms with Gasteiger partial charge in [0.05, 0.1) is 33.1 Å². The van der Waals surface area contributed by atoms with E-state index in [-0.39, 0.29) is 0 Å². The average molecular weight is 611 g/mol. The molecule has 0 amide bonds. The zero-order valence-corrected chi connectivity index (χ0v) is 25.8. The molecule has 0 bridgehead atoms. The molecule has 0 N–H and O–H groups in total. The summed E-state index contributed by atoms with van der Waals surface area (Å²) in [6.45, 7) is 0. The molecule has 0 aliphatic carbocycles. The molecule has 0 spiro atoms. The van der Waals surface area contributed by atoms with Gasteiger partial charge in [0, 0.05) is 43.9 Å². The number of benzene rings is 7. The first-order valence-corrected chi connectivity index (χ1v) is 16.4. The van der Waals surface area contributed by atoms with E-state index >= 15 is 0 Å². The van der Waals surface area contributed by atoms with E-state index in [2.05, 4.69) is 149 Å². The first-order chi connectivity index (χ1) is 23.8. The maximum atomic E-state index is 5.31. The van der Waals surface area contributed by atoms with Gasteiger partial charge in [-0.1, -0.05) is 115 Å². The molecule has 222 valence electrons. The minimum absolute atomic E-state index is 0.866. The Kier molecular flexibility index (Phi) is 5.08. The van der Waals surface area contributed by atoms with Crippen molar-refractivity contribution in [3.63, 3.8) is 0 Å². The summed E-state index contributed by atoms with van der Waals surface area (Å²) in [6, 6.07) is 56.5. The lowest BCUT2D eigenvalue weighted by molar-refractivity contribution is 1.09. The van der Waals surface area contributed by atoms with Crippen molar-refractivity contribution in [2.24, 2.45) is 0 Å². The van der Waals surface area contributed by atoms with Gasteiger partial charge in [-0.2, -0.15) is 0 Å². The van der Waals surface area contributed by atoms with Crippen LogP contribution in [0.15, 0.2) is 158 Å². The van der Waals surface area contributed by atoms with Crippen LogP contribution in [0.25, 0.3) is 99.7 Å². The predicted molar refractivity (Wildman–Crippen MR) is 198 cm³/mol. The Morgan fingerprint density at radius 3 is 1.83 bits per heavy atom. The molecule has 7 aromatic carbocycles. The van der Waals surface area contributed by atoms with Gasteiger partial charge < -0.3 is 4.57 Å². The van der Waals surface area contributed by atoms with E-state index < -0.39 is 0 Å². The van der Waals surface area contributed by atoms with E-state index in [1.807, 2.05) is 18.2 Å². The minimum atomic E-state index is 0.866. The summed E-state index contributed by atoms with van der Waals surface area (Å²) in [5, 5.41) is 4.91. The van der Waals surface area contributed by atoms with Gasteiger partial charge in [0.1, 0.15) is 5.69 Å². The molecule has 4 heterocycles. The van der Waals surface area contributed by atoms with E-state index in [4.69, 9.17) is 9.97 Å². The molecule has 10 aromatic rings. The van der Waals surface area contributed by atoms with Crippen molar-refractivity contribution in [3.8, 4) is 45.0 Å². The molecule has 0 saturated heterocycles. The lowest BCUT2D eigenvalue weighted by atomic mass is 9.95. The highest BCUT2D eigenvalue weighted by atomic mass is 15.1. The van der Waals surface area contributed by atoms with Crippen LogP contribution in [0.4, 0.5) is 0 Å². The molecule has 3 aromatic heterocycles. The first kappa shape index (κ1) is 25.6. The van der Waals surface area contributed by atoms with Crippen LogP contribution in [0.5, 0.6) is 0 Å². The number of hydrogen-bond acceptors (Lipinski definition) is 2. The Bertz CT molecular complexity index is 2950. The molecular formula is C44H26N4. The summed E-state index contributed by atoms with van der Waals surface area (Å²) in [5.74, 6) is 0.866. The summed E-state index contributed by atoms with van der Waals surface area (Å²) < 4.78 is 4.76. The maximum Gasteiger partial charge on any atom is 0.165 e. The number of nitrogens with zero attached hydrogens (tertiary/aromatic N) is 4. The third kappa shape index (κ3) is 3.38. The smallest absolute Gasteiger partial charge is 0.165 e. The fraction of sp³-hybridized carbons (Fsp3) is 0. The standard InChI is InChI=1S/C44H26N4/c1-2-12-28(13-3-1)47-39-23-9-6-15-31(39)34-19-10-17-29(42(34)47)27-24-25-40-36(26-27)35-20-11-18-33-30-14-4-5-16-32(30)41-44(48(40)43(33)35)46-38-22-8-7-21-37(38)45-41/h1-26H. The van der Waals surface area contributed by atoms with Gasteiger partial charge in [0.2, 0.25) is 0 Å². The van der Waals surface area contributed by atoms with E-state index in [1.165, 1.54) is 54.8 Å². The summed E-state index contributed by atoms with van der Waals surface area (Å²) in [5.41, 5.74) is 14.4. The molecule has 0 atom stereocenters. The van der Waals surface area contributed by atoms with Gasteiger partial charge in [-0.15, -0.1) is 0 Å². The second kappa shape index (κ2) is 9.50. The molecule has 1 aliphatic rings. The summed E-state index contributed by atoms with van der Waals surface area (Å²) >= 11 is 0.